The Morgan fingerprint density at radius 3 is 2.23 bits per heavy atom. The van der Waals surface area contributed by atoms with Gasteiger partial charge in [0, 0.05) is 12.6 Å². The van der Waals surface area contributed by atoms with Crippen molar-refractivity contribution in [2.45, 2.75) is 33.4 Å². The molecule has 0 radical (unpaired) electrons. The summed E-state index contributed by atoms with van der Waals surface area (Å²) in [5.41, 5.74) is 2.09. The van der Waals surface area contributed by atoms with E-state index in [-0.39, 0.29) is 11.8 Å². The molecule has 5 nitrogen and oxygen atoms in total. The van der Waals surface area contributed by atoms with Crippen LogP contribution in [0.15, 0.2) is 36.4 Å². The summed E-state index contributed by atoms with van der Waals surface area (Å²) in [5.74, 6) is 2.58. The number of aromatic hydroxyl groups is 1. The van der Waals surface area contributed by atoms with Gasteiger partial charge in [0.05, 0.1) is 20.8 Å². The standard InChI is InChI=1S/C21H29NO4/c1-14(2)13-26-20-9-7-17(11-21(20)25-5)15(3)22-12-16-6-8-19(24-4)18(23)10-16/h6-11,14-15,22-23H,12-13H2,1-5H3. The van der Waals surface area contributed by atoms with E-state index < -0.39 is 0 Å². The van der Waals surface area contributed by atoms with Crippen LogP contribution in [-0.2, 0) is 6.54 Å². The second kappa shape index (κ2) is 9.34. The van der Waals surface area contributed by atoms with E-state index in [1.54, 1.807) is 19.2 Å². The van der Waals surface area contributed by atoms with Crippen molar-refractivity contribution < 1.29 is 19.3 Å². The zero-order valence-corrected chi connectivity index (χ0v) is 16.2. The van der Waals surface area contributed by atoms with Crippen molar-refractivity contribution in [2.24, 2.45) is 5.92 Å². The highest BCUT2D eigenvalue weighted by molar-refractivity contribution is 5.44. The molecule has 1 atom stereocenters. The number of benzene rings is 2. The van der Waals surface area contributed by atoms with Gasteiger partial charge in [-0.05, 0) is 48.2 Å². The number of nitrogens with one attached hydrogen (secondary N) is 1. The second-order valence-corrected chi connectivity index (χ2v) is 6.72. The average Bonchev–Trinajstić information content (AvgIpc) is 2.64. The average molecular weight is 359 g/mol. The number of methoxy groups -OCH3 is 2. The SMILES string of the molecule is COc1ccc(CNC(C)c2ccc(OCC(C)C)c(OC)c2)cc1O. The molecule has 0 saturated heterocycles. The lowest BCUT2D eigenvalue weighted by atomic mass is 10.1. The Morgan fingerprint density at radius 2 is 1.62 bits per heavy atom. The third kappa shape index (κ3) is 5.30. The van der Waals surface area contributed by atoms with E-state index in [4.69, 9.17) is 14.2 Å². The number of phenols is 1. The minimum absolute atomic E-state index is 0.118. The highest BCUT2D eigenvalue weighted by atomic mass is 16.5. The summed E-state index contributed by atoms with van der Waals surface area (Å²) in [6.45, 7) is 7.61. The Kier molecular flexibility index (Phi) is 7.16. The van der Waals surface area contributed by atoms with Crippen LogP contribution in [-0.4, -0.2) is 25.9 Å². The van der Waals surface area contributed by atoms with Crippen LogP contribution in [0.2, 0.25) is 0 Å². The number of rotatable bonds is 9. The van der Waals surface area contributed by atoms with Gasteiger partial charge >= 0.3 is 0 Å². The van der Waals surface area contributed by atoms with Gasteiger partial charge in [0.1, 0.15) is 0 Å². The highest BCUT2D eigenvalue weighted by Crippen LogP contribution is 2.31. The molecule has 0 heterocycles. The van der Waals surface area contributed by atoms with Gasteiger partial charge in [-0.15, -0.1) is 0 Å². The minimum Gasteiger partial charge on any atom is -0.504 e. The molecule has 2 rings (SSSR count). The first-order chi connectivity index (χ1) is 12.4. The first-order valence-corrected chi connectivity index (χ1v) is 8.84. The minimum atomic E-state index is 0.118. The molecule has 0 spiro atoms. The highest BCUT2D eigenvalue weighted by Gasteiger charge is 2.11. The van der Waals surface area contributed by atoms with Gasteiger partial charge in [-0.3, -0.25) is 0 Å². The van der Waals surface area contributed by atoms with Crippen molar-refractivity contribution in [1.82, 2.24) is 5.32 Å². The number of hydrogen-bond acceptors (Lipinski definition) is 5. The van der Waals surface area contributed by atoms with E-state index in [9.17, 15) is 5.11 Å². The summed E-state index contributed by atoms with van der Waals surface area (Å²) in [7, 11) is 3.19. The third-order valence-corrected chi connectivity index (χ3v) is 4.12. The smallest absolute Gasteiger partial charge is 0.161 e. The first-order valence-electron chi connectivity index (χ1n) is 8.84. The first kappa shape index (κ1) is 19.9. The van der Waals surface area contributed by atoms with Crippen molar-refractivity contribution in [3.05, 3.63) is 47.5 Å². The van der Waals surface area contributed by atoms with Crippen LogP contribution in [0.3, 0.4) is 0 Å². The fourth-order valence-electron chi connectivity index (χ4n) is 2.56. The van der Waals surface area contributed by atoms with Gasteiger partial charge in [-0.25, -0.2) is 0 Å². The lowest BCUT2D eigenvalue weighted by Gasteiger charge is -2.18. The van der Waals surface area contributed by atoms with Crippen LogP contribution in [0.4, 0.5) is 0 Å². The molecule has 0 aliphatic carbocycles. The molecule has 26 heavy (non-hydrogen) atoms. The molecule has 0 aromatic heterocycles. The maximum absolute atomic E-state index is 9.88. The van der Waals surface area contributed by atoms with Crippen LogP contribution < -0.4 is 19.5 Å². The molecule has 2 N–H and O–H groups in total. The fourth-order valence-corrected chi connectivity index (χ4v) is 2.56. The number of hydrogen-bond donors (Lipinski definition) is 2. The molecule has 0 fully saturated rings. The Bertz CT molecular complexity index is 715. The number of ether oxygens (including phenoxy) is 3. The Labute approximate surface area is 155 Å². The van der Waals surface area contributed by atoms with Crippen molar-refractivity contribution in [3.63, 3.8) is 0 Å². The van der Waals surface area contributed by atoms with Gasteiger partial charge in [0.2, 0.25) is 0 Å². The summed E-state index contributed by atoms with van der Waals surface area (Å²) >= 11 is 0. The summed E-state index contributed by atoms with van der Waals surface area (Å²) in [5, 5.41) is 13.3. The largest absolute Gasteiger partial charge is 0.504 e. The number of phenolic OH excluding ortho intramolecular Hbond substituents is 1. The third-order valence-electron chi connectivity index (χ3n) is 4.12. The molecule has 2 aromatic carbocycles. The molecule has 0 aliphatic rings. The predicted octanol–water partition coefficient (Wildman–Crippen LogP) is 4.30. The summed E-state index contributed by atoms with van der Waals surface area (Å²) in [4.78, 5) is 0. The van der Waals surface area contributed by atoms with E-state index >= 15 is 0 Å². The molecule has 2 aromatic rings. The molecule has 0 bridgehead atoms. The summed E-state index contributed by atoms with van der Waals surface area (Å²) < 4.78 is 16.3. The molecule has 1 unspecified atom stereocenters. The quantitative estimate of drug-likeness (QED) is 0.699. The molecular formula is C21H29NO4. The molecular weight excluding hydrogens is 330 g/mol. The van der Waals surface area contributed by atoms with Crippen LogP contribution in [0.5, 0.6) is 23.0 Å². The zero-order valence-electron chi connectivity index (χ0n) is 16.2. The maximum atomic E-state index is 9.88. The van der Waals surface area contributed by atoms with Crippen LogP contribution in [0.25, 0.3) is 0 Å². The van der Waals surface area contributed by atoms with Gasteiger partial charge in [0.15, 0.2) is 23.0 Å². The Balaban J connectivity index is 2.02. The molecule has 0 saturated carbocycles. The summed E-state index contributed by atoms with van der Waals surface area (Å²) in [6, 6.07) is 11.5. The fraction of sp³-hybridized carbons (Fsp3) is 0.429. The summed E-state index contributed by atoms with van der Waals surface area (Å²) in [6.07, 6.45) is 0. The zero-order chi connectivity index (χ0) is 19.1. The lowest BCUT2D eigenvalue weighted by molar-refractivity contribution is 0.256. The second-order valence-electron chi connectivity index (χ2n) is 6.72. The van der Waals surface area contributed by atoms with Crippen LogP contribution >= 0.6 is 0 Å². The van der Waals surface area contributed by atoms with Crippen LogP contribution in [0.1, 0.15) is 37.9 Å². The van der Waals surface area contributed by atoms with Crippen molar-refractivity contribution >= 4 is 0 Å². The van der Waals surface area contributed by atoms with Crippen molar-refractivity contribution in [2.75, 3.05) is 20.8 Å². The van der Waals surface area contributed by atoms with Crippen molar-refractivity contribution in [3.8, 4) is 23.0 Å². The van der Waals surface area contributed by atoms with E-state index in [1.165, 1.54) is 7.11 Å². The van der Waals surface area contributed by atoms with Crippen LogP contribution in [0, 0.1) is 5.92 Å². The van der Waals surface area contributed by atoms with Crippen molar-refractivity contribution in [1.29, 1.82) is 0 Å². The molecule has 0 aliphatic heterocycles. The van der Waals surface area contributed by atoms with Gasteiger partial charge in [0.25, 0.3) is 0 Å². The van der Waals surface area contributed by atoms with E-state index in [1.807, 2.05) is 24.3 Å². The van der Waals surface area contributed by atoms with Gasteiger partial charge in [-0.1, -0.05) is 26.0 Å². The normalized spacial score (nSPS) is 12.1. The van der Waals surface area contributed by atoms with Gasteiger partial charge in [-0.2, -0.15) is 0 Å². The van der Waals surface area contributed by atoms with Gasteiger partial charge < -0.3 is 24.6 Å². The maximum Gasteiger partial charge on any atom is 0.161 e. The van der Waals surface area contributed by atoms with E-state index in [2.05, 4.69) is 26.1 Å². The van der Waals surface area contributed by atoms with E-state index in [0.29, 0.717) is 24.8 Å². The molecule has 5 heteroatoms. The topological polar surface area (TPSA) is 60.0 Å². The Morgan fingerprint density at radius 1 is 0.923 bits per heavy atom. The Hall–Kier alpha value is -2.40. The van der Waals surface area contributed by atoms with E-state index in [0.717, 1.165) is 22.6 Å². The lowest BCUT2D eigenvalue weighted by Crippen LogP contribution is -2.18. The predicted molar refractivity (Wildman–Crippen MR) is 103 cm³/mol. The monoisotopic (exact) mass is 359 g/mol. The molecule has 0 amide bonds. The molecule has 142 valence electrons.